The van der Waals surface area contributed by atoms with E-state index in [9.17, 15) is 14.4 Å². The number of nitrogens with zero attached hydrogens (tertiary/aromatic N) is 2. The fourth-order valence-corrected chi connectivity index (χ4v) is 2.99. The summed E-state index contributed by atoms with van der Waals surface area (Å²) in [7, 11) is 1.61. The Balaban J connectivity index is 1.82. The standard InChI is InChI=1S/C19H21N3O4/c1-13-18(19(25)20-15-8-9-16(23)21(2)11-15)22(17(24)12-26-13)10-14-6-4-3-5-7-14/h3-9,11,13,18H,10,12H2,1-2H3,(H,20,25)/t13-,18+/m1/s1. The third-order valence-electron chi connectivity index (χ3n) is 4.39. The minimum absolute atomic E-state index is 0.0440. The van der Waals surface area contributed by atoms with Crippen LogP contribution in [-0.2, 0) is 27.9 Å². The summed E-state index contributed by atoms with van der Waals surface area (Å²) in [6.07, 6.45) is 1.10. The lowest BCUT2D eigenvalue weighted by atomic mass is 10.1. The van der Waals surface area contributed by atoms with E-state index in [0.717, 1.165) is 5.56 Å². The molecule has 1 aromatic carbocycles. The number of hydrogen-bond donors (Lipinski definition) is 1. The summed E-state index contributed by atoms with van der Waals surface area (Å²) in [6.45, 7) is 2.06. The van der Waals surface area contributed by atoms with Crippen LogP contribution in [0, 0.1) is 0 Å². The first kappa shape index (κ1) is 17.9. The van der Waals surface area contributed by atoms with Gasteiger partial charge in [0.15, 0.2) is 0 Å². The van der Waals surface area contributed by atoms with Gasteiger partial charge in [-0.3, -0.25) is 14.4 Å². The lowest BCUT2D eigenvalue weighted by molar-refractivity contribution is -0.161. The second-order valence-corrected chi connectivity index (χ2v) is 6.32. The summed E-state index contributed by atoms with van der Waals surface area (Å²) in [5, 5.41) is 2.77. The molecule has 0 saturated carbocycles. The highest BCUT2D eigenvalue weighted by atomic mass is 16.5. The molecule has 0 radical (unpaired) electrons. The topological polar surface area (TPSA) is 80.6 Å². The highest BCUT2D eigenvalue weighted by Gasteiger charge is 2.39. The Morgan fingerprint density at radius 2 is 1.92 bits per heavy atom. The first-order valence-electron chi connectivity index (χ1n) is 8.38. The molecule has 2 heterocycles. The van der Waals surface area contributed by atoms with Crippen LogP contribution in [0.3, 0.4) is 0 Å². The molecule has 2 amide bonds. The predicted octanol–water partition coefficient (Wildman–Crippen LogP) is 1.14. The number of rotatable bonds is 4. The van der Waals surface area contributed by atoms with E-state index >= 15 is 0 Å². The number of nitrogens with one attached hydrogen (secondary N) is 1. The summed E-state index contributed by atoms with van der Waals surface area (Å²) in [5.74, 6) is -0.576. The molecule has 1 aliphatic rings. The highest BCUT2D eigenvalue weighted by Crippen LogP contribution is 2.20. The summed E-state index contributed by atoms with van der Waals surface area (Å²) in [4.78, 5) is 38.3. The molecular formula is C19H21N3O4. The van der Waals surface area contributed by atoms with Gasteiger partial charge >= 0.3 is 0 Å². The van der Waals surface area contributed by atoms with Crippen LogP contribution in [0.1, 0.15) is 12.5 Å². The van der Waals surface area contributed by atoms with Crippen molar-refractivity contribution >= 4 is 17.5 Å². The smallest absolute Gasteiger partial charge is 0.250 e. The van der Waals surface area contributed by atoms with Gasteiger partial charge in [0.2, 0.25) is 17.4 Å². The maximum absolute atomic E-state index is 12.8. The zero-order valence-corrected chi connectivity index (χ0v) is 14.7. The van der Waals surface area contributed by atoms with Crippen LogP contribution >= 0.6 is 0 Å². The van der Waals surface area contributed by atoms with E-state index < -0.39 is 12.1 Å². The van der Waals surface area contributed by atoms with Crippen LogP contribution in [0.4, 0.5) is 5.69 Å². The Labute approximate surface area is 151 Å². The average Bonchev–Trinajstić information content (AvgIpc) is 2.62. The lowest BCUT2D eigenvalue weighted by Crippen LogP contribution is -2.58. The Morgan fingerprint density at radius 3 is 2.62 bits per heavy atom. The van der Waals surface area contributed by atoms with Crippen LogP contribution in [0.2, 0.25) is 0 Å². The second-order valence-electron chi connectivity index (χ2n) is 6.32. The minimum atomic E-state index is -0.756. The molecule has 1 aromatic heterocycles. The zero-order valence-electron chi connectivity index (χ0n) is 14.7. The summed E-state index contributed by atoms with van der Waals surface area (Å²) in [5.41, 5.74) is 1.26. The highest BCUT2D eigenvalue weighted by molar-refractivity contribution is 5.98. The zero-order chi connectivity index (χ0) is 18.7. The van der Waals surface area contributed by atoms with Gasteiger partial charge in [0.25, 0.3) is 0 Å². The van der Waals surface area contributed by atoms with Gasteiger partial charge in [-0.15, -0.1) is 0 Å². The van der Waals surface area contributed by atoms with Gasteiger partial charge in [-0.2, -0.15) is 0 Å². The van der Waals surface area contributed by atoms with E-state index in [-0.39, 0.29) is 24.0 Å². The normalized spacial score (nSPS) is 20.1. The van der Waals surface area contributed by atoms with Crippen molar-refractivity contribution in [2.75, 3.05) is 11.9 Å². The van der Waals surface area contributed by atoms with E-state index in [4.69, 9.17) is 4.74 Å². The molecule has 2 atom stereocenters. The van der Waals surface area contributed by atoms with Gasteiger partial charge in [-0.05, 0) is 18.6 Å². The van der Waals surface area contributed by atoms with Gasteiger partial charge in [-0.1, -0.05) is 30.3 Å². The molecular weight excluding hydrogens is 334 g/mol. The van der Waals surface area contributed by atoms with Crippen molar-refractivity contribution < 1.29 is 14.3 Å². The molecule has 0 spiro atoms. The van der Waals surface area contributed by atoms with Crippen molar-refractivity contribution in [1.29, 1.82) is 0 Å². The number of morpholine rings is 1. The summed E-state index contributed by atoms with van der Waals surface area (Å²) in [6, 6.07) is 11.7. The van der Waals surface area contributed by atoms with Crippen molar-refractivity contribution in [2.24, 2.45) is 7.05 Å². The van der Waals surface area contributed by atoms with Crippen LogP contribution in [0.25, 0.3) is 0 Å². The summed E-state index contributed by atoms with van der Waals surface area (Å²) >= 11 is 0. The number of anilines is 1. The minimum Gasteiger partial charge on any atom is -0.366 e. The molecule has 1 aliphatic heterocycles. The SMILES string of the molecule is C[C@H]1OCC(=O)N(Cc2ccccc2)[C@@H]1C(=O)Nc1ccc(=O)n(C)c1. The molecule has 136 valence electrons. The number of aryl methyl sites for hydroxylation is 1. The number of ether oxygens (including phenoxy) is 1. The molecule has 7 heteroatoms. The van der Waals surface area contributed by atoms with E-state index in [2.05, 4.69) is 5.32 Å². The Kier molecular flexibility index (Phi) is 5.18. The second kappa shape index (κ2) is 7.53. The van der Waals surface area contributed by atoms with Crippen molar-refractivity contribution in [1.82, 2.24) is 9.47 Å². The van der Waals surface area contributed by atoms with Crippen molar-refractivity contribution in [2.45, 2.75) is 25.6 Å². The van der Waals surface area contributed by atoms with Crippen molar-refractivity contribution in [3.05, 3.63) is 64.6 Å². The van der Waals surface area contributed by atoms with Gasteiger partial charge in [-0.25, -0.2) is 0 Å². The van der Waals surface area contributed by atoms with Gasteiger partial charge in [0, 0.05) is 25.9 Å². The number of pyridine rings is 1. The molecule has 1 N–H and O–H groups in total. The number of carbonyl (C=O) groups is 2. The molecule has 1 saturated heterocycles. The number of aromatic nitrogens is 1. The van der Waals surface area contributed by atoms with Crippen molar-refractivity contribution in [3.8, 4) is 0 Å². The molecule has 0 bridgehead atoms. The fraction of sp³-hybridized carbons (Fsp3) is 0.316. The van der Waals surface area contributed by atoms with Crippen molar-refractivity contribution in [3.63, 3.8) is 0 Å². The van der Waals surface area contributed by atoms with Crippen LogP contribution < -0.4 is 10.9 Å². The summed E-state index contributed by atoms with van der Waals surface area (Å²) < 4.78 is 6.84. The Morgan fingerprint density at radius 1 is 1.19 bits per heavy atom. The largest absolute Gasteiger partial charge is 0.366 e. The first-order chi connectivity index (χ1) is 12.5. The van der Waals surface area contributed by atoms with Crippen LogP contribution in [0.5, 0.6) is 0 Å². The number of benzene rings is 1. The van der Waals surface area contributed by atoms with Crippen LogP contribution in [0.15, 0.2) is 53.5 Å². The van der Waals surface area contributed by atoms with E-state index in [1.54, 1.807) is 18.9 Å². The number of amides is 2. The monoisotopic (exact) mass is 355 g/mol. The lowest BCUT2D eigenvalue weighted by Gasteiger charge is -2.38. The molecule has 0 unspecified atom stereocenters. The van der Waals surface area contributed by atoms with Gasteiger partial charge in [0.05, 0.1) is 11.8 Å². The average molecular weight is 355 g/mol. The number of hydrogen-bond acceptors (Lipinski definition) is 4. The molecule has 26 heavy (non-hydrogen) atoms. The number of carbonyl (C=O) groups excluding carboxylic acids is 2. The van der Waals surface area contributed by atoms with E-state index in [1.165, 1.54) is 22.9 Å². The maximum atomic E-state index is 12.8. The first-order valence-corrected chi connectivity index (χ1v) is 8.38. The predicted molar refractivity (Wildman–Crippen MR) is 96.5 cm³/mol. The molecule has 7 nitrogen and oxygen atoms in total. The molecule has 0 aliphatic carbocycles. The van der Waals surface area contributed by atoms with Gasteiger partial charge < -0.3 is 19.5 Å². The van der Waals surface area contributed by atoms with E-state index in [1.807, 2.05) is 30.3 Å². The molecule has 1 fully saturated rings. The maximum Gasteiger partial charge on any atom is 0.250 e. The fourth-order valence-electron chi connectivity index (χ4n) is 2.99. The third kappa shape index (κ3) is 3.83. The quantitative estimate of drug-likeness (QED) is 0.892. The Bertz CT molecular complexity index is 863. The third-order valence-corrected chi connectivity index (χ3v) is 4.39. The molecule has 3 rings (SSSR count). The van der Waals surface area contributed by atoms with E-state index in [0.29, 0.717) is 12.2 Å². The molecule has 2 aromatic rings. The Hall–Kier alpha value is -2.93. The van der Waals surface area contributed by atoms with Gasteiger partial charge in [0.1, 0.15) is 12.6 Å². The van der Waals surface area contributed by atoms with Crippen LogP contribution in [-0.4, -0.2) is 40.0 Å².